The molecule has 0 aliphatic carbocycles. The number of hydrogen-bond acceptors (Lipinski definition) is 6. The maximum atomic E-state index is 12.4. The zero-order chi connectivity index (χ0) is 21.9. The van der Waals surface area contributed by atoms with Crippen LogP contribution in [0.25, 0.3) is 33.6 Å². The van der Waals surface area contributed by atoms with Gasteiger partial charge in [0.25, 0.3) is 5.22 Å². The van der Waals surface area contributed by atoms with E-state index in [4.69, 9.17) is 9.40 Å². The number of carbonyl (C=O) groups excluding carboxylic acids is 1. The molecule has 2 heterocycles. The minimum Gasteiger partial charge on any atom is -0.411 e. The molecule has 0 bridgehead atoms. The number of para-hydroxylation sites is 1. The van der Waals surface area contributed by atoms with Gasteiger partial charge in [-0.3, -0.25) is 4.79 Å². The van der Waals surface area contributed by atoms with E-state index in [0.717, 1.165) is 32.2 Å². The molecule has 0 aliphatic rings. The quantitative estimate of drug-likeness (QED) is 0.190. The first-order valence-electron chi connectivity index (χ1n) is 9.88. The van der Waals surface area contributed by atoms with Crippen LogP contribution >= 0.6 is 27.7 Å². The number of aromatic nitrogens is 3. The van der Waals surface area contributed by atoms with Crippen LogP contribution in [0.3, 0.4) is 0 Å². The number of benzene rings is 3. The number of halogens is 1. The summed E-state index contributed by atoms with van der Waals surface area (Å²) in [5, 5.41) is 9.68. The lowest BCUT2D eigenvalue weighted by Gasteiger charge is -2.07. The molecule has 0 saturated carbocycles. The van der Waals surface area contributed by atoms with Crippen molar-refractivity contribution in [3.63, 3.8) is 0 Å². The van der Waals surface area contributed by atoms with Crippen LogP contribution in [0, 0.1) is 0 Å². The predicted octanol–water partition coefficient (Wildman–Crippen LogP) is 6.69. The first-order chi connectivity index (χ1) is 15.7. The minimum absolute atomic E-state index is 0.00275. The van der Waals surface area contributed by atoms with E-state index in [-0.39, 0.29) is 11.5 Å². The summed E-state index contributed by atoms with van der Waals surface area (Å²) in [6, 6.07) is 27.1. The van der Waals surface area contributed by atoms with Crippen LogP contribution in [-0.4, -0.2) is 26.7 Å². The minimum atomic E-state index is 0.00275. The van der Waals surface area contributed by atoms with Gasteiger partial charge in [-0.15, -0.1) is 10.2 Å². The molecule has 0 atom stereocenters. The number of thioether (sulfide) groups is 1. The van der Waals surface area contributed by atoms with Crippen molar-refractivity contribution in [2.75, 3.05) is 5.75 Å². The van der Waals surface area contributed by atoms with Gasteiger partial charge in [-0.1, -0.05) is 88.4 Å². The number of carbonyl (C=O) groups is 1. The van der Waals surface area contributed by atoms with Crippen LogP contribution in [0.4, 0.5) is 0 Å². The van der Waals surface area contributed by atoms with Crippen molar-refractivity contribution < 1.29 is 9.21 Å². The number of nitrogens with zero attached hydrogens (tertiary/aromatic N) is 3. The molecule has 0 saturated heterocycles. The molecule has 2 aromatic heterocycles. The van der Waals surface area contributed by atoms with Crippen LogP contribution in [0.1, 0.15) is 10.4 Å². The van der Waals surface area contributed by atoms with E-state index < -0.39 is 0 Å². The summed E-state index contributed by atoms with van der Waals surface area (Å²) in [7, 11) is 0. The molecule has 3 aromatic carbocycles. The smallest absolute Gasteiger partial charge is 0.277 e. The van der Waals surface area contributed by atoms with Crippen molar-refractivity contribution in [3.05, 3.63) is 95.0 Å². The maximum absolute atomic E-state index is 12.4. The van der Waals surface area contributed by atoms with Crippen LogP contribution in [0.2, 0.25) is 0 Å². The Morgan fingerprint density at radius 3 is 2.47 bits per heavy atom. The molecule has 0 fully saturated rings. The molecule has 5 aromatic rings. The lowest BCUT2D eigenvalue weighted by molar-refractivity contribution is 0.102. The van der Waals surface area contributed by atoms with E-state index >= 15 is 0 Å². The number of rotatable bonds is 6. The highest BCUT2D eigenvalue weighted by Gasteiger charge is 2.16. The van der Waals surface area contributed by atoms with Gasteiger partial charge in [-0.05, 0) is 24.3 Å². The Kier molecular flexibility index (Phi) is 5.83. The molecule has 0 aliphatic heterocycles. The standard InChI is InChI=1S/C25H16BrN3O2S/c26-18-12-10-17(11-13-18)23(30)15-32-25-29-28-24(31-25)20-14-22(16-6-2-1-3-7-16)27-21-9-5-4-8-19(20)21/h1-14H,15H2. The van der Waals surface area contributed by atoms with E-state index in [0.29, 0.717) is 16.7 Å². The normalized spacial score (nSPS) is 11.0. The first kappa shape index (κ1) is 20.6. The van der Waals surface area contributed by atoms with Crippen LogP contribution in [-0.2, 0) is 0 Å². The average Bonchev–Trinajstić information content (AvgIpc) is 3.32. The fourth-order valence-electron chi connectivity index (χ4n) is 3.33. The topological polar surface area (TPSA) is 68.9 Å². The second-order valence-electron chi connectivity index (χ2n) is 7.03. The fraction of sp³-hybridized carbons (Fsp3) is 0.0400. The van der Waals surface area contributed by atoms with Gasteiger partial charge in [-0.25, -0.2) is 4.98 Å². The number of Topliss-reactive ketones (excluding diaryl/α,β-unsaturated/α-hetero) is 1. The van der Waals surface area contributed by atoms with Gasteiger partial charge in [0, 0.05) is 21.0 Å². The predicted molar refractivity (Wildman–Crippen MR) is 130 cm³/mol. The highest BCUT2D eigenvalue weighted by molar-refractivity contribution is 9.10. The van der Waals surface area contributed by atoms with Crippen molar-refractivity contribution in [2.45, 2.75) is 5.22 Å². The molecule has 32 heavy (non-hydrogen) atoms. The molecule has 0 radical (unpaired) electrons. The van der Waals surface area contributed by atoms with Crippen molar-refractivity contribution in [1.82, 2.24) is 15.2 Å². The van der Waals surface area contributed by atoms with E-state index in [2.05, 4.69) is 26.1 Å². The molecular weight excluding hydrogens is 486 g/mol. The van der Waals surface area contributed by atoms with E-state index in [1.165, 1.54) is 11.8 Å². The van der Waals surface area contributed by atoms with Gasteiger partial charge < -0.3 is 4.42 Å². The van der Waals surface area contributed by atoms with Crippen LogP contribution in [0.5, 0.6) is 0 Å². The Hall–Kier alpha value is -3.29. The first-order valence-corrected chi connectivity index (χ1v) is 11.7. The number of ketones is 1. The maximum Gasteiger partial charge on any atom is 0.277 e. The van der Waals surface area contributed by atoms with E-state index in [1.54, 1.807) is 12.1 Å². The third-order valence-corrected chi connectivity index (χ3v) is 6.26. The van der Waals surface area contributed by atoms with E-state index in [1.807, 2.05) is 72.8 Å². The zero-order valence-electron chi connectivity index (χ0n) is 16.7. The largest absolute Gasteiger partial charge is 0.411 e. The Morgan fingerprint density at radius 2 is 1.66 bits per heavy atom. The van der Waals surface area contributed by atoms with Gasteiger partial charge in [0.1, 0.15) is 0 Å². The van der Waals surface area contributed by atoms with Crippen molar-refractivity contribution in [1.29, 1.82) is 0 Å². The second-order valence-corrected chi connectivity index (χ2v) is 8.87. The van der Waals surface area contributed by atoms with Gasteiger partial charge in [0.05, 0.1) is 22.5 Å². The summed E-state index contributed by atoms with van der Waals surface area (Å²) in [6.07, 6.45) is 0. The molecule has 0 N–H and O–H groups in total. The third-order valence-electron chi connectivity index (χ3n) is 4.92. The Bertz CT molecular complexity index is 1400. The molecular formula is C25H16BrN3O2S. The molecule has 0 spiro atoms. The molecule has 0 amide bonds. The van der Waals surface area contributed by atoms with Gasteiger partial charge in [0.15, 0.2) is 5.78 Å². The second kappa shape index (κ2) is 9.06. The molecule has 5 rings (SSSR count). The summed E-state index contributed by atoms with van der Waals surface area (Å²) in [5.74, 6) is 0.623. The molecule has 5 nitrogen and oxygen atoms in total. The lowest BCUT2D eigenvalue weighted by Crippen LogP contribution is -2.01. The third kappa shape index (κ3) is 4.35. The van der Waals surface area contributed by atoms with Crippen molar-refractivity contribution in [2.24, 2.45) is 0 Å². The van der Waals surface area contributed by atoms with Gasteiger partial charge >= 0.3 is 0 Å². The lowest BCUT2D eigenvalue weighted by atomic mass is 10.0. The zero-order valence-corrected chi connectivity index (χ0v) is 19.1. The Balaban J connectivity index is 1.43. The highest BCUT2D eigenvalue weighted by atomic mass is 79.9. The number of hydrogen-bond donors (Lipinski definition) is 0. The monoisotopic (exact) mass is 501 g/mol. The van der Waals surface area contributed by atoms with Crippen molar-refractivity contribution >= 4 is 44.4 Å². The summed E-state index contributed by atoms with van der Waals surface area (Å²) in [6.45, 7) is 0. The van der Waals surface area contributed by atoms with Crippen molar-refractivity contribution in [3.8, 4) is 22.7 Å². The number of fused-ring (bicyclic) bond motifs is 1. The summed E-state index contributed by atoms with van der Waals surface area (Å²) in [5.41, 5.74) is 4.15. The van der Waals surface area contributed by atoms with Gasteiger partial charge in [-0.2, -0.15) is 0 Å². The SMILES string of the molecule is O=C(CSc1nnc(-c2cc(-c3ccccc3)nc3ccccc23)o1)c1ccc(Br)cc1. The van der Waals surface area contributed by atoms with Crippen LogP contribution in [0.15, 0.2) is 99.0 Å². The summed E-state index contributed by atoms with van der Waals surface area (Å²) in [4.78, 5) is 17.2. The van der Waals surface area contributed by atoms with Crippen LogP contribution < -0.4 is 0 Å². The summed E-state index contributed by atoms with van der Waals surface area (Å²) >= 11 is 4.61. The molecule has 156 valence electrons. The molecule has 7 heteroatoms. The fourth-order valence-corrected chi connectivity index (χ4v) is 4.25. The number of pyridine rings is 1. The average molecular weight is 502 g/mol. The molecule has 0 unspecified atom stereocenters. The highest BCUT2D eigenvalue weighted by Crippen LogP contribution is 2.32. The summed E-state index contributed by atoms with van der Waals surface area (Å²) < 4.78 is 6.86. The Labute approximate surface area is 197 Å². The van der Waals surface area contributed by atoms with E-state index in [9.17, 15) is 4.79 Å². The Morgan fingerprint density at radius 1 is 0.906 bits per heavy atom. The van der Waals surface area contributed by atoms with Gasteiger partial charge in [0.2, 0.25) is 5.89 Å².